The SMILES string of the molecule is O=C(NC1CC(C(=O)O)(c2cc(F)cc(F)c2)C1)OCc1ccccc1. The summed E-state index contributed by atoms with van der Waals surface area (Å²) in [6.07, 6.45) is -0.597. The topological polar surface area (TPSA) is 75.6 Å². The maximum atomic E-state index is 13.4. The standard InChI is InChI=1S/C19H17F2NO4/c20-14-6-13(7-15(21)8-14)19(17(23)24)9-16(10-19)22-18(25)26-11-12-4-2-1-3-5-12/h1-8,16H,9-11H2,(H,22,25)(H,23,24). The lowest BCUT2D eigenvalue weighted by atomic mass is 9.61. The molecular weight excluding hydrogens is 344 g/mol. The van der Waals surface area contributed by atoms with Crippen molar-refractivity contribution >= 4 is 12.1 Å². The highest BCUT2D eigenvalue weighted by Crippen LogP contribution is 2.44. The van der Waals surface area contributed by atoms with Crippen molar-refractivity contribution in [2.75, 3.05) is 0 Å². The van der Waals surface area contributed by atoms with Crippen molar-refractivity contribution in [2.45, 2.75) is 30.9 Å². The molecule has 26 heavy (non-hydrogen) atoms. The van der Waals surface area contributed by atoms with Crippen LogP contribution in [0, 0.1) is 11.6 Å². The fourth-order valence-corrected chi connectivity index (χ4v) is 3.18. The van der Waals surface area contributed by atoms with Crippen molar-refractivity contribution in [3.63, 3.8) is 0 Å². The maximum Gasteiger partial charge on any atom is 0.407 e. The van der Waals surface area contributed by atoms with E-state index < -0.39 is 35.2 Å². The van der Waals surface area contributed by atoms with Crippen molar-refractivity contribution in [1.82, 2.24) is 5.32 Å². The largest absolute Gasteiger partial charge is 0.481 e. The monoisotopic (exact) mass is 361 g/mol. The summed E-state index contributed by atoms with van der Waals surface area (Å²) in [7, 11) is 0. The molecule has 2 aromatic rings. The minimum Gasteiger partial charge on any atom is -0.481 e. The third-order valence-corrected chi connectivity index (χ3v) is 4.55. The number of carbonyl (C=O) groups is 2. The number of aliphatic carboxylic acids is 1. The van der Waals surface area contributed by atoms with Crippen LogP contribution >= 0.6 is 0 Å². The predicted molar refractivity (Wildman–Crippen MR) is 88.5 cm³/mol. The normalized spacial score (nSPS) is 21.5. The van der Waals surface area contributed by atoms with Crippen LogP contribution in [0.5, 0.6) is 0 Å². The van der Waals surface area contributed by atoms with Gasteiger partial charge in [0.05, 0.1) is 5.41 Å². The molecule has 1 amide bonds. The average molecular weight is 361 g/mol. The summed E-state index contributed by atoms with van der Waals surface area (Å²) < 4.78 is 31.9. The second-order valence-corrected chi connectivity index (χ2v) is 6.36. The molecule has 0 spiro atoms. The van der Waals surface area contributed by atoms with E-state index in [-0.39, 0.29) is 25.0 Å². The number of amides is 1. The van der Waals surface area contributed by atoms with Gasteiger partial charge in [0.2, 0.25) is 0 Å². The minimum atomic E-state index is -1.42. The van der Waals surface area contributed by atoms with Crippen LogP contribution in [0.2, 0.25) is 0 Å². The van der Waals surface area contributed by atoms with Crippen molar-refractivity contribution in [3.8, 4) is 0 Å². The molecule has 1 fully saturated rings. The van der Waals surface area contributed by atoms with Crippen molar-refractivity contribution in [3.05, 3.63) is 71.3 Å². The highest BCUT2D eigenvalue weighted by atomic mass is 19.1. The van der Waals surface area contributed by atoms with E-state index >= 15 is 0 Å². The van der Waals surface area contributed by atoms with Crippen LogP contribution in [0.1, 0.15) is 24.0 Å². The Labute approximate surface area is 148 Å². The van der Waals surface area contributed by atoms with Crippen LogP contribution in [-0.4, -0.2) is 23.2 Å². The summed E-state index contributed by atoms with van der Waals surface area (Å²) in [5.41, 5.74) is -0.537. The van der Waals surface area contributed by atoms with Crippen molar-refractivity contribution in [2.24, 2.45) is 0 Å². The summed E-state index contributed by atoms with van der Waals surface area (Å²) in [5.74, 6) is -2.85. The number of carbonyl (C=O) groups excluding carboxylic acids is 1. The molecule has 5 nitrogen and oxygen atoms in total. The average Bonchev–Trinajstić information content (AvgIpc) is 2.55. The molecule has 0 bridgehead atoms. The van der Waals surface area contributed by atoms with E-state index in [9.17, 15) is 23.5 Å². The first-order valence-electron chi connectivity index (χ1n) is 8.06. The summed E-state index contributed by atoms with van der Waals surface area (Å²) in [6.45, 7) is 0.0958. The van der Waals surface area contributed by atoms with Gasteiger partial charge < -0.3 is 15.2 Å². The molecule has 0 saturated heterocycles. The summed E-state index contributed by atoms with van der Waals surface area (Å²) in [5, 5.41) is 12.1. The smallest absolute Gasteiger partial charge is 0.407 e. The molecule has 3 rings (SSSR count). The molecule has 0 radical (unpaired) electrons. The van der Waals surface area contributed by atoms with Gasteiger partial charge in [-0.15, -0.1) is 0 Å². The fourth-order valence-electron chi connectivity index (χ4n) is 3.18. The van der Waals surface area contributed by atoms with Crippen molar-refractivity contribution < 1.29 is 28.2 Å². The van der Waals surface area contributed by atoms with Crippen LogP contribution in [0.15, 0.2) is 48.5 Å². The van der Waals surface area contributed by atoms with E-state index in [2.05, 4.69) is 5.32 Å². The highest BCUT2D eigenvalue weighted by Gasteiger charge is 2.52. The minimum absolute atomic E-state index is 0.0334. The van der Waals surface area contributed by atoms with E-state index in [1.54, 1.807) is 0 Å². The summed E-state index contributed by atoms with van der Waals surface area (Å²) in [4.78, 5) is 23.5. The van der Waals surface area contributed by atoms with Crippen LogP contribution in [0.25, 0.3) is 0 Å². The van der Waals surface area contributed by atoms with Gasteiger partial charge in [0, 0.05) is 12.1 Å². The molecular formula is C19H17F2NO4. The van der Waals surface area contributed by atoms with Crippen LogP contribution < -0.4 is 5.32 Å². The van der Waals surface area contributed by atoms with Gasteiger partial charge in [0.25, 0.3) is 0 Å². The molecule has 0 aliphatic heterocycles. The molecule has 2 aromatic carbocycles. The quantitative estimate of drug-likeness (QED) is 0.856. The maximum absolute atomic E-state index is 13.4. The Kier molecular flexibility index (Phi) is 4.88. The Morgan fingerprint density at radius 1 is 1.12 bits per heavy atom. The zero-order valence-electron chi connectivity index (χ0n) is 13.7. The van der Waals surface area contributed by atoms with Gasteiger partial charge >= 0.3 is 12.1 Å². The molecule has 1 aliphatic carbocycles. The fraction of sp³-hybridized carbons (Fsp3) is 0.263. The van der Waals surface area contributed by atoms with Gasteiger partial charge in [-0.3, -0.25) is 4.79 Å². The number of carboxylic acids is 1. The van der Waals surface area contributed by atoms with Crippen LogP contribution in [0.3, 0.4) is 0 Å². The zero-order valence-corrected chi connectivity index (χ0v) is 13.7. The summed E-state index contributed by atoms with van der Waals surface area (Å²) >= 11 is 0. The van der Waals surface area contributed by atoms with Gasteiger partial charge in [-0.25, -0.2) is 13.6 Å². The van der Waals surface area contributed by atoms with Gasteiger partial charge in [0.1, 0.15) is 18.2 Å². The molecule has 7 heteroatoms. The number of alkyl carbamates (subject to hydrolysis) is 1. The molecule has 1 aliphatic rings. The lowest BCUT2D eigenvalue weighted by molar-refractivity contribution is -0.148. The van der Waals surface area contributed by atoms with E-state index in [1.165, 1.54) is 0 Å². The number of nitrogens with one attached hydrogen (secondary N) is 1. The molecule has 1 saturated carbocycles. The number of rotatable bonds is 5. The van der Waals surface area contributed by atoms with Gasteiger partial charge in [0.15, 0.2) is 0 Å². The van der Waals surface area contributed by atoms with Crippen molar-refractivity contribution in [1.29, 1.82) is 0 Å². The molecule has 136 valence electrons. The first kappa shape index (κ1) is 17.8. The third-order valence-electron chi connectivity index (χ3n) is 4.55. The van der Waals surface area contributed by atoms with E-state index in [0.717, 1.165) is 17.7 Å². The molecule has 0 atom stereocenters. The Balaban J connectivity index is 1.60. The Morgan fingerprint density at radius 3 is 2.31 bits per heavy atom. The molecule has 2 N–H and O–H groups in total. The predicted octanol–water partition coefficient (Wildman–Crippen LogP) is 3.38. The van der Waals surface area contributed by atoms with Crippen LogP contribution in [0.4, 0.5) is 13.6 Å². The second kappa shape index (κ2) is 7.11. The molecule has 0 unspecified atom stereocenters. The number of halogens is 2. The number of hydrogen-bond donors (Lipinski definition) is 2. The Hall–Kier alpha value is -2.96. The second-order valence-electron chi connectivity index (χ2n) is 6.36. The number of benzene rings is 2. The van der Waals surface area contributed by atoms with E-state index in [0.29, 0.717) is 6.07 Å². The lowest BCUT2D eigenvalue weighted by Gasteiger charge is -2.44. The van der Waals surface area contributed by atoms with E-state index in [4.69, 9.17) is 4.74 Å². The number of carboxylic acid groups (broad SMARTS) is 1. The summed E-state index contributed by atoms with van der Waals surface area (Å²) in [6, 6.07) is 11.4. The van der Waals surface area contributed by atoms with E-state index in [1.807, 2.05) is 30.3 Å². The Morgan fingerprint density at radius 2 is 1.73 bits per heavy atom. The van der Waals surface area contributed by atoms with Gasteiger partial charge in [-0.05, 0) is 36.1 Å². The highest BCUT2D eigenvalue weighted by molar-refractivity contribution is 5.83. The first-order valence-corrected chi connectivity index (χ1v) is 8.06. The first-order chi connectivity index (χ1) is 12.4. The number of ether oxygens (including phenoxy) is 1. The molecule has 0 aromatic heterocycles. The van der Waals surface area contributed by atoms with Gasteiger partial charge in [-0.1, -0.05) is 30.3 Å². The lowest BCUT2D eigenvalue weighted by Crippen LogP contribution is -2.57. The third kappa shape index (κ3) is 3.66. The van der Waals surface area contributed by atoms with Gasteiger partial charge in [-0.2, -0.15) is 0 Å². The molecule has 0 heterocycles. The Bertz CT molecular complexity index is 799. The zero-order chi connectivity index (χ0) is 18.7. The number of hydrogen-bond acceptors (Lipinski definition) is 3. The van der Waals surface area contributed by atoms with Crippen LogP contribution in [-0.2, 0) is 21.6 Å².